The van der Waals surface area contributed by atoms with E-state index in [1.165, 1.54) is 38.7 Å². The summed E-state index contributed by atoms with van der Waals surface area (Å²) in [5, 5.41) is 0. The summed E-state index contributed by atoms with van der Waals surface area (Å²) in [4.78, 5) is 0. The van der Waals surface area contributed by atoms with Gasteiger partial charge in [-0.15, -0.1) is 0 Å². The summed E-state index contributed by atoms with van der Waals surface area (Å²) in [6, 6.07) is 0. The van der Waals surface area contributed by atoms with Crippen LogP contribution in [0.15, 0.2) is 0 Å². The molecule has 0 radical (unpaired) electrons. The van der Waals surface area contributed by atoms with Crippen LogP contribution in [0.4, 0.5) is 0 Å². The van der Waals surface area contributed by atoms with Crippen LogP contribution in [0, 0.1) is 0 Å². The molecule has 0 aliphatic rings. The normalized spacial score (nSPS) is 2.00. The van der Waals surface area contributed by atoms with Crippen LogP contribution >= 0.6 is 18.6 Å². The van der Waals surface area contributed by atoms with E-state index in [2.05, 4.69) is 18.6 Å². The van der Waals surface area contributed by atoms with Crippen LogP contribution in [0.3, 0.4) is 0 Å². The second-order valence-electron chi connectivity index (χ2n) is 0. The third kappa shape index (κ3) is 76.7. The molecule has 0 aromatic carbocycles. The molecular formula is Cl2O3Ti2. The second kappa shape index (κ2) is 105. The Kier molecular flexibility index (Phi) is 548. The van der Waals surface area contributed by atoms with Crippen molar-refractivity contribution < 1.29 is 55.2 Å². The molecule has 0 fully saturated rings. The number of hydrogen-bond acceptors (Lipinski definition) is 0. The second-order valence-corrected chi connectivity index (χ2v) is 0. The maximum Gasteiger partial charge on any atom is -2.00 e. The maximum absolute atomic E-state index is 4.64. The zero-order chi connectivity index (χ0) is 4.00. The molecule has 0 heterocycles. The smallest absolute Gasteiger partial charge is 2.00 e. The zero-order valence-electron chi connectivity index (χ0n) is 2.98. The van der Waals surface area contributed by atoms with Gasteiger partial charge in [-0.1, -0.05) is 0 Å². The molecule has 7 heteroatoms. The minimum absolute atomic E-state index is 0. The van der Waals surface area contributed by atoms with Gasteiger partial charge in [-0.25, -0.2) is 0 Å². The van der Waals surface area contributed by atoms with Crippen LogP contribution in [0.5, 0.6) is 0 Å². The van der Waals surface area contributed by atoms with Crippen molar-refractivity contribution in [1.82, 2.24) is 0 Å². The fourth-order valence-corrected chi connectivity index (χ4v) is 0. The summed E-state index contributed by atoms with van der Waals surface area (Å²) in [5.41, 5.74) is 0. The molecule has 0 amide bonds. The molecule has 0 aliphatic carbocycles. The predicted molar refractivity (Wildman–Crippen MR) is 13.8 cm³/mol. The van der Waals surface area contributed by atoms with Gasteiger partial charge in [0, 0.05) is 0 Å². The van der Waals surface area contributed by atoms with Gasteiger partial charge in [0.2, 0.25) is 0 Å². The summed E-state index contributed by atoms with van der Waals surface area (Å²) in [5.74, 6) is 0. The van der Waals surface area contributed by atoms with E-state index in [0.717, 1.165) is 0 Å². The van der Waals surface area contributed by atoms with Crippen molar-refractivity contribution in [2.75, 3.05) is 0 Å². The van der Waals surface area contributed by atoms with E-state index in [1.807, 2.05) is 0 Å². The number of rotatable bonds is 0. The van der Waals surface area contributed by atoms with Gasteiger partial charge < -0.3 is 16.4 Å². The molecule has 0 spiro atoms. The molecular weight excluding hydrogens is 215 g/mol. The average molecular weight is 215 g/mol. The predicted octanol–water partition coefficient (Wildman–Crippen LogP) is 1.02. The monoisotopic (exact) mass is 214 g/mol. The summed E-state index contributed by atoms with van der Waals surface area (Å²) < 4.78 is 0. The summed E-state index contributed by atoms with van der Waals surface area (Å²) in [6.45, 7) is 0. The molecule has 0 aromatic rings. The molecule has 0 bridgehead atoms. The van der Waals surface area contributed by atoms with Gasteiger partial charge in [0.25, 0.3) is 0 Å². The molecule has 40 valence electrons. The van der Waals surface area contributed by atoms with Gasteiger partial charge in [-0.2, -0.15) is 0 Å². The number of halogens is 2. The largest absolute Gasteiger partial charge is 2.00 e. The molecule has 0 N–H and O–H groups in total. The van der Waals surface area contributed by atoms with Gasteiger partial charge in [0.05, 0.1) is 0 Å². The first-order valence-electron chi connectivity index (χ1n) is 0.378. The van der Waals surface area contributed by atoms with Crippen molar-refractivity contribution in [2.45, 2.75) is 0 Å². The molecule has 0 aromatic heterocycles. The molecule has 0 rings (SSSR count). The Morgan fingerprint density at radius 1 is 0.571 bits per heavy atom. The van der Waals surface area contributed by atoms with E-state index in [0.29, 0.717) is 0 Å². The summed E-state index contributed by atoms with van der Waals surface area (Å²) in [6.07, 6.45) is 0. The molecule has 0 saturated heterocycles. The maximum atomic E-state index is 4.64. The first-order valence-corrected chi connectivity index (χ1v) is 4.68. The molecule has 7 heavy (non-hydrogen) atoms. The first-order chi connectivity index (χ1) is 2.00. The van der Waals surface area contributed by atoms with Crippen LogP contribution in [0.25, 0.3) is 0 Å². The van der Waals surface area contributed by atoms with Gasteiger partial charge in [-0.05, 0) is 0 Å². The van der Waals surface area contributed by atoms with Crippen LogP contribution in [0.2, 0.25) is 0 Å². The SMILES string of the molecule is [Cl][Ti+3].[Cl][Ti+3].[O-2].[O-2].[O-2]. The zero-order valence-corrected chi connectivity index (χ0v) is 7.62. The van der Waals surface area contributed by atoms with E-state index in [9.17, 15) is 0 Å². The van der Waals surface area contributed by atoms with E-state index in [-0.39, 0.29) is 16.4 Å². The third-order valence-electron chi connectivity index (χ3n) is 0. The first kappa shape index (κ1) is 36.6. The Morgan fingerprint density at radius 3 is 0.571 bits per heavy atom. The summed E-state index contributed by atoms with van der Waals surface area (Å²) >= 11 is 2.94. The van der Waals surface area contributed by atoms with Crippen LogP contribution in [-0.4, -0.2) is 0 Å². The Balaban J connectivity index is -0.00000000267. The van der Waals surface area contributed by atoms with Crippen LogP contribution < -0.4 is 0 Å². The van der Waals surface area contributed by atoms with Crippen molar-refractivity contribution in [1.29, 1.82) is 0 Å². The quantitative estimate of drug-likeness (QED) is 0.539. The van der Waals surface area contributed by atoms with Gasteiger partial charge >= 0.3 is 57.4 Å². The van der Waals surface area contributed by atoms with Crippen molar-refractivity contribution in [2.24, 2.45) is 0 Å². The topological polar surface area (TPSA) is 85.5 Å². The molecule has 0 unspecified atom stereocenters. The fourth-order valence-electron chi connectivity index (χ4n) is 0. The average Bonchev–Trinajstić information content (AvgIpc) is 1.50. The number of hydrogen-bond donors (Lipinski definition) is 0. The molecule has 0 aliphatic heterocycles. The van der Waals surface area contributed by atoms with Gasteiger partial charge in [-0.3, -0.25) is 0 Å². The van der Waals surface area contributed by atoms with Crippen molar-refractivity contribution in [3.05, 3.63) is 0 Å². The minimum Gasteiger partial charge on any atom is -2.00 e. The molecule has 0 saturated carbocycles. The van der Waals surface area contributed by atoms with Gasteiger partial charge in [0.1, 0.15) is 0 Å². The van der Waals surface area contributed by atoms with Crippen LogP contribution in [0.1, 0.15) is 0 Å². The van der Waals surface area contributed by atoms with Crippen molar-refractivity contribution in [3.63, 3.8) is 0 Å². The van der Waals surface area contributed by atoms with E-state index >= 15 is 0 Å². The summed E-state index contributed by atoms with van der Waals surface area (Å²) in [7, 11) is 9.28. The van der Waals surface area contributed by atoms with Crippen molar-refractivity contribution >= 4 is 18.6 Å². The Hall–Kier alpha value is 1.89. The molecule has 3 nitrogen and oxygen atoms in total. The van der Waals surface area contributed by atoms with E-state index < -0.39 is 0 Å². The Bertz CT molecular complexity index is 10.9. The fraction of sp³-hybridized carbons (Fsp3) is 0. The minimum atomic E-state index is 0. The standard InChI is InChI=1S/2ClH.3O.2Ti/h2*1H;;;;;/q;;3*-2;2*+4/p-2. The van der Waals surface area contributed by atoms with Crippen LogP contribution in [-0.2, 0) is 55.2 Å². The van der Waals surface area contributed by atoms with Gasteiger partial charge in [0.15, 0.2) is 0 Å². The third-order valence-corrected chi connectivity index (χ3v) is 0. The Labute approximate surface area is 73.2 Å². The molecule has 0 atom stereocenters. The Morgan fingerprint density at radius 2 is 0.571 bits per heavy atom. The van der Waals surface area contributed by atoms with E-state index in [1.54, 1.807) is 0 Å². The van der Waals surface area contributed by atoms with E-state index in [4.69, 9.17) is 0 Å². The van der Waals surface area contributed by atoms with Crippen molar-refractivity contribution in [3.8, 4) is 0 Å².